The van der Waals surface area contributed by atoms with Crippen molar-refractivity contribution >= 4 is 29.4 Å². The van der Waals surface area contributed by atoms with Crippen molar-refractivity contribution in [2.24, 2.45) is 0 Å². The second-order valence-corrected chi connectivity index (χ2v) is 7.49. The monoisotopic (exact) mass is 437 g/mol. The first-order valence-electron chi connectivity index (χ1n) is 8.51. The summed E-state index contributed by atoms with van der Waals surface area (Å²) in [4.78, 5) is 8.56. The average Bonchev–Trinajstić information content (AvgIpc) is 2.71. The first-order valence-corrected chi connectivity index (χ1v) is 9.66. The first-order chi connectivity index (χ1) is 13.9. The van der Waals surface area contributed by atoms with E-state index in [0.717, 1.165) is 29.3 Å². The molecule has 0 fully saturated rings. The lowest BCUT2D eigenvalue weighted by atomic mass is 10.2. The van der Waals surface area contributed by atoms with Gasteiger partial charge in [-0.3, -0.25) is 4.31 Å². The number of nitrogens with zero attached hydrogens (tertiary/aromatic N) is 3. The molecule has 0 amide bonds. The first kappa shape index (κ1) is 21.1. The minimum absolute atomic E-state index is 0.158. The van der Waals surface area contributed by atoms with Crippen LogP contribution in [0.3, 0.4) is 0 Å². The maximum absolute atomic E-state index is 14.3. The van der Waals surface area contributed by atoms with Crippen LogP contribution < -0.4 is 13.8 Å². The van der Waals surface area contributed by atoms with E-state index in [1.54, 1.807) is 36.7 Å². The van der Waals surface area contributed by atoms with Crippen LogP contribution in [-0.2, 0) is 6.54 Å². The van der Waals surface area contributed by atoms with E-state index >= 15 is 0 Å². The van der Waals surface area contributed by atoms with Crippen molar-refractivity contribution in [3.8, 4) is 11.5 Å². The fourth-order valence-electron chi connectivity index (χ4n) is 2.57. The second kappa shape index (κ2) is 9.28. The molecule has 3 rings (SSSR count). The van der Waals surface area contributed by atoms with E-state index in [4.69, 9.17) is 21.1 Å². The maximum atomic E-state index is 14.3. The molecule has 0 atom stereocenters. The molecular formula is C20H18ClF2N3O2S. The Kier molecular flexibility index (Phi) is 6.76. The van der Waals surface area contributed by atoms with E-state index in [2.05, 4.69) is 9.97 Å². The van der Waals surface area contributed by atoms with Crippen LogP contribution in [0.5, 0.6) is 11.5 Å². The zero-order chi connectivity index (χ0) is 21.0. The molecule has 2 aromatic carbocycles. The van der Waals surface area contributed by atoms with Crippen LogP contribution in [0.4, 0.5) is 14.6 Å². The molecule has 0 aliphatic rings. The van der Waals surface area contributed by atoms with Gasteiger partial charge in [0.15, 0.2) is 0 Å². The predicted molar refractivity (Wildman–Crippen MR) is 110 cm³/mol. The van der Waals surface area contributed by atoms with Crippen LogP contribution >= 0.6 is 23.5 Å². The highest BCUT2D eigenvalue weighted by Crippen LogP contribution is 2.35. The van der Waals surface area contributed by atoms with E-state index in [0.29, 0.717) is 23.9 Å². The Morgan fingerprint density at radius 2 is 1.83 bits per heavy atom. The number of aromatic nitrogens is 2. The van der Waals surface area contributed by atoms with Gasteiger partial charge in [0.1, 0.15) is 35.3 Å². The van der Waals surface area contributed by atoms with Crippen molar-refractivity contribution in [1.29, 1.82) is 0 Å². The zero-order valence-electron chi connectivity index (χ0n) is 15.9. The number of halogens is 3. The molecule has 1 heterocycles. The topological polar surface area (TPSA) is 47.5 Å². The van der Waals surface area contributed by atoms with Crippen molar-refractivity contribution < 1.29 is 18.3 Å². The lowest BCUT2D eigenvalue weighted by Crippen LogP contribution is -2.16. The number of rotatable bonds is 7. The van der Waals surface area contributed by atoms with Gasteiger partial charge in [-0.2, -0.15) is 0 Å². The number of hydrogen-bond donors (Lipinski definition) is 0. The standard InChI is InChI=1S/C20H18ClF2N3O2S/c1-12-6-20(25-11-24-12)26(29-19-8-15(21)16(22)9-17(19)23)10-13-4-5-14(27-2)7-18(13)28-3/h4-9,11H,10H2,1-3H3. The van der Waals surface area contributed by atoms with Crippen LogP contribution in [0, 0.1) is 18.6 Å². The van der Waals surface area contributed by atoms with Gasteiger partial charge >= 0.3 is 0 Å². The highest BCUT2D eigenvalue weighted by molar-refractivity contribution is 8.00. The summed E-state index contributed by atoms with van der Waals surface area (Å²) in [5.41, 5.74) is 1.57. The number of ether oxygens (including phenoxy) is 2. The Morgan fingerprint density at radius 3 is 2.52 bits per heavy atom. The van der Waals surface area contributed by atoms with Crippen molar-refractivity contribution in [3.05, 3.63) is 70.6 Å². The Balaban J connectivity index is 2.00. The Bertz CT molecular complexity index is 1020. The van der Waals surface area contributed by atoms with Gasteiger partial charge in [0.25, 0.3) is 0 Å². The number of aryl methyl sites for hydroxylation is 1. The third kappa shape index (κ3) is 5.07. The lowest BCUT2D eigenvalue weighted by molar-refractivity contribution is 0.391. The predicted octanol–water partition coefficient (Wildman–Crippen LogP) is 5.45. The van der Waals surface area contributed by atoms with Gasteiger partial charge < -0.3 is 9.47 Å². The molecule has 152 valence electrons. The van der Waals surface area contributed by atoms with Gasteiger partial charge in [0.2, 0.25) is 0 Å². The number of methoxy groups -OCH3 is 2. The molecule has 5 nitrogen and oxygen atoms in total. The van der Waals surface area contributed by atoms with Gasteiger partial charge in [-0.05, 0) is 37.1 Å². The molecule has 0 unspecified atom stereocenters. The molecule has 0 saturated carbocycles. The average molecular weight is 438 g/mol. The van der Waals surface area contributed by atoms with E-state index in [-0.39, 0.29) is 9.92 Å². The molecule has 9 heteroatoms. The van der Waals surface area contributed by atoms with Gasteiger partial charge in [-0.1, -0.05) is 11.6 Å². The zero-order valence-corrected chi connectivity index (χ0v) is 17.5. The summed E-state index contributed by atoms with van der Waals surface area (Å²) in [5.74, 6) is 0.293. The SMILES string of the molecule is COc1ccc(CN(Sc2cc(Cl)c(F)cc2F)c2cc(C)ncn2)c(OC)c1. The van der Waals surface area contributed by atoms with Crippen LogP contribution in [0.2, 0.25) is 5.02 Å². The smallest absolute Gasteiger partial charge is 0.144 e. The molecule has 0 radical (unpaired) electrons. The maximum Gasteiger partial charge on any atom is 0.144 e. The summed E-state index contributed by atoms with van der Waals surface area (Å²) < 4.78 is 40.3. The largest absolute Gasteiger partial charge is 0.497 e. The molecule has 29 heavy (non-hydrogen) atoms. The Labute approximate surface area is 176 Å². The molecule has 0 aliphatic carbocycles. The minimum atomic E-state index is -0.810. The van der Waals surface area contributed by atoms with Crippen molar-refractivity contribution in [2.45, 2.75) is 18.4 Å². The Morgan fingerprint density at radius 1 is 1.03 bits per heavy atom. The van der Waals surface area contributed by atoms with Crippen molar-refractivity contribution in [1.82, 2.24) is 9.97 Å². The molecule has 0 N–H and O–H groups in total. The molecule has 0 spiro atoms. The normalized spacial score (nSPS) is 10.7. The summed E-state index contributed by atoms with van der Waals surface area (Å²) >= 11 is 6.90. The number of anilines is 1. The summed E-state index contributed by atoms with van der Waals surface area (Å²) in [6.07, 6.45) is 1.43. The molecule has 0 saturated heterocycles. The molecule has 1 aromatic heterocycles. The highest BCUT2D eigenvalue weighted by atomic mass is 35.5. The van der Waals surface area contributed by atoms with Gasteiger partial charge in [-0.25, -0.2) is 18.7 Å². The van der Waals surface area contributed by atoms with Gasteiger partial charge in [0.05, 0.1) is 30.7 Å². The second-order valence-electron chi connectivity index (χ2n) is 6.02. The molecule has 0 bridgehead atoms. The van der Waals surface area contributed by atoms with Crippen LogP contribution in [0.15, 0.2) is 47.6 Å². The van der Waals surface area contributed by atoms with Gasteiger partial charge in [0, 0.05) is 29.5 Å². The fourth-order valence-corrected chi connectivity index (χ4v) is 3.75. The summed E-state index contributed by atoms with van der Waals surface area (Å²) in [5, 5.41) is -0.158. The Hall–Kier alpha value is -2.58. The number of benzene rings is 2. The van der Waals surface area contributed by atoms with Crippen LogP contribution in [-0.4, -0.2) is 24.2 Å². The molecular weight excluding hydrogens is 420 g/mol. The van der Waals surface area contributed by atoms with E-state index in [1.807, 2.05) is 13.0 Å². The minimum Gasteiger partial charge on any atom is -0.497 e. The lowest BCUT2D eigenvalue weighted by Gasteiger charge is -2.24. The summed E-state index contributed by atoms with van der Waals surface area (Å²) in [6, 6.07) is 9.21. The summed E-state index contributed by atoms with van der Waals surface area (Å²) in [7, 11) is 3.13. The highest BCUT2D eigenvalue weighted by Gasteiger charge is 2.18. The summed E-state index contributed by atoms with van der Waals surface area (Å²) in [6.45, 7) is 2.15. The van der Waals surface area contributed by atoms with Crippen molar-refractivity contribution in [3.63, 3.8) is 0 Å². The van der Waals surface area contributed by atoms with E-state index in [1.165, 1.54) is 12.4 Å². The fraction of sp³-hybridized carbons (Fsp3) is 0.200. The molecule has 0 aliphatic heterocycles. The van der Waals surface area contributed by atoms with Crippen LogP contribution in [0.25, 0.3) is 0 Å². The van der Waals surface area contributed by atoms with E-state index in [9.17, 15) is 8.78 Å². The third-order valence-corrected chi connectivity index (χ3v) is 5.37. The molecule has 3 aromatic rings. The quantitative estimate of drug-likeness (QED) is 0.362. The number of hydrogen-bond acceptors (Lipinski definition) is 6. The van der Waals surface area contributed by atoms with Crippen LogP contribution in [0.1, 0.15) is 11.3 Å². The van der Waals surface area contributed by atoms with E-state index < -0.39 is 11.6 Å². The van der Waals surface area contributed by atoms with Gasteiger partial charge in [-0.15, -0.1) is 0 Å². The third-order valence-electron chi connectivity index (χ3n) is 4.04. The van der Waals surface area contributed by atoms with Crippen molar-refractivity contribution in [2.75, 3.05) is 18.5 Å².